The van der Waals surface area contributed by atoms with E-state index in [4.69, 9.17) is 10.5 Å². The van der Waals surface area contributed by atoms with E-state index in [2.05, 4.69) is 11.6 Å². The lowest BCUT2D eigenvalue weighted by Gasteiger charge is -2.00. The van der Waals surface area contributed by atoms with Crippen LogP contribution >= 0.6 is 0 Å². The fraction of sp³-hybridized carbons (Fsp3) is 0.125. The lowest BCUT2D eigenvalue weighted by molar-refractivity contribution is 0.398. The van der Waals surface area contributed by atoms with Crippen LogP contribution in [-0.2, 0) is 0 Å². The second-order valence-electron chi connectivity index (χ2n) is 2.07. The van der Waals surface area contributed by atoms with Gasteiger partial charge in [0, 0.05) is 11.8 Å². The molecule has 3 heteroatoms. The number of hydrogen-bond donors (Lipinski definition) is 1. The maximum Gasteiger partial charge on any atom is 0.215 e. The summed E-state index contributed by atoms with van der Waals surface area (Å²) in [5.74, 6) is 0.514. The highest BCUT2D eigenvalue weighted by atomic mass is 16.5. The fourth-order valence-corrected chi connectivity index (χ4v) is 0.756. The first-order chi connectivity index (χ1) is 5.26. The predicted molar refractivity (Wildman–Crippen MR) is 45.3 cm³/mol. The molecular formula is C8H10N2O. The topological polar surface area (TPSA) is 48.1 Å². The predicted octanol–water partition coefficient (Wildman–Crippen LogP) is 1.32. The summed E-state index contributed by atoms with van der Waals surface area (Å²) in [6.07, 6.45) is 1.62. The Morgan fingerprint density at radius 2 is 2.36 bits per heavy atom. The Morgan fingerprint density at radius 3 is 2.91 bits per heavy atom. The monoisotopic (exact) mass is 150 g/mol. The van der Waals surface area contributed by atoms with Gasteiger partial charge >= 0.3 is 0 Å². The van der Waals surface area contributed by atoms with Crippen molar-refractivity contribution in [1.82, 2.24) is 4.98 Å². The van der Waals surface area contributed by atoms with Crippen molar-refractivity contribution in [3.05, 3.63) is 24.4 Å². The number of ether oxygens (including phenoxy) is 1. The van der Waals surface area contributed by atoms with Crippen molar-refractivity contribution in [2.45, 2.75) is 0 Å². The maximum absolute atomic E-state index is 5.54. The van der Waals surface area contributed by atoms with Crippen LogP contribution in [-0.4, -0.2) is 12.1 Å². The number of anilines is 1. The molecule has 3 nitrogen and oxygen atoms in total. The number of aromatic nitrogens is 1. The van der Waals surface area contributed by atoms with Crippen LogP contribution in [0.5, 0.6) is 5.88 Å². The van der Waals surface area contributed by atoms with E-state index < -0.39 is 0 Å². The van der Waals surface area contributed by atoms with Crippen LogP contribution in [0.25, 0.3) is 6.08 Å². The zero-order valence-electron chi connectivity index (χ0n) is 6.37. The lowest BCUT2D eigenvalue weighted by atomic mass is 10.3. The molecule has 0 amide bonds. The van der Waals surface area contributed by atoms with Crippen molar-refractivity contribution in [3.8, 4) is 5.88 Å². The quantitative estimate of drug-likeness (QED) is 0.691. The molecular weight excluding hydrogens is 140 g/mol. The molecule has 0 aliphatic rings. The van der Waals surface area contributed by atoms with Gasteiger partial charge in [0.05, 0.1) is 12.8 Å². The third-order valence-corrected chi connectivity index (χ3v) is 1.26. The van der Waals surface area contributed by atoms with Crippen LogP contribution < -0.4 is 10.5 Å². The highest BCUT2D eigenvalue weighted by Gasteiger charge is 1.96. The molecule has 0 saturated carbocycles. The average Bonchev–Trinajstić information content (AvgIpc) is 2.03. The SMILES string of the molecule is C=Cc1cc(N)cc(OC)n1. The largest absolute Gasteiger partial charge is 0.481 e. The summed E-state index contributed by atoms with van der Waals surface area (Å²) in [5, 5.41) is 0. The van der Waals surface area contributed by atoms with E-state index in [9.17, 15) is 0 Å². The van der Waals surface area contributed by atoms with E-state index in [1.807, 2.05) is 0 Å². The molecule has 0 aromatic carbocycles. The van der Waals surface area contributed by atoms with Crippen molar-refractivity contribution in [3.63, 3.8) is 0 Å². The van der Waals surface area contributed by atoms with E-state index >= 15 is 0 Å². The van der Waals surface area contributed by atoms with Gasteiger partial charge in [0.2, 0.25) is 5.88 Å². The van der Waals surface area contributed by atoms with E-state index in [0.717, 1.165) is 5.69 Å². The summed E-state index contributed by atoms with van der Waals surface area (Å²) in [7, 11) is 1.55. The minimum atomic E-state index is 0.514. The molecule has 0 bridgehead atoms. The van der Waals surface area contributed by atoms with E-state index in [1.165, 1.54) is 0 Å². The van der Waals surface area contributed by atoms with Gasteiger partial charge in [-0.2, -0.15) is 0 Å². The Labute approximate surface area is 65.5 Å². The molecule has 0 unspecified atom stereocenters. The van der Waals surface area contributed by atoms with Gasteiger partial charge in [-0.05, 0) is 12.1 Å². The molecule has 0 aliphatic carbocycles. The number of nitrogens with zero attached hydrogens (tertiary/aromatic N) is 1. The number of rotatable bonds is 2. The summed E-state index contributed by atoms with van der Waals surface area (Å²) in [5.41, 5.74) is 6.90. The first-order valence-corrected chi connectivity index (χ1v) is 3.20. The average molecular weight is 150 g/mol. The normalized spacial score (nSPS) is 9.18. The van der Waals surface area contributed by atoms with Crippen LogP contribution in [0.15, 0.2) is 18.7 Å². The summed E-state index contributed by atoms with van der Waals surface area (Å²) < 4.78 is 4.90. The van der Waals surface area contributed by atoms with E-state index in [0.29, 0.717) is 11.6 Å². The molecule has 0 spiro atoms. The Morgan fingerprint density at radius 1 is 1.64 bits per heavy atom. The minimum Gasteiger partial charge on any atom is -0.481 e. The summed E-state index contributed by atoms with van der Waals surface area (Å²) in [4.78, 5) is 4.05. The van der Waals surface area contributed by atoms with Gasteiger partial charge in [0.1, 0.15) is 0 Å². The van der Waals surface area contributed by atoms with E-state index in [1.54, 1.807) is 25.3 Å². The van der Waals surface area contributed by atoms with Crippen LogP contribution in [0.4, 0.5) is 5.69 Å². The molecule has 0 fully saturated rings. The first-order valence-electron chi connectivity index (χ1n) is 3.20. The fourth-order valence-electron chi connectivity index (χ4n) is 0.756. The molecule has 0 saturated heterocycles. The highest BCUT2D eigenvalue weighted by molar-refractivity contribution is 5.52. The third-order valence-electron chi connectivity index (χ3n) is 1.26. The zero-order chi connectivity index (χ0) is 8.27. The van der Waals surface area contributed by atoms with Crippen molar-refractivity contribution >= 4 is 11.8 Å². The number of hydrogen-bond acceptors (Lipinski definition) is 3. The standard InChI is InChI=1S/C8H10N2O/c1-3-7-4-6(9)5-8(10-7)11-2/h3-5H,1H2,2H3,(H2,9,10). The highest BCUT2D eigenvalue weighted by Crippen LogP contribution is 2.13. The Balaban J connectivity index is 3.11. The summed E-state index contributed by atoms with van der Waals surface area (Å²) in [6.45, 7) is 3.57. The molecule has 0 radical (unpaired) electrons. The Kier molecular flexibility index (Phi) is 2.11. The number of pyridine rings is 1. The van der Waals surface area contributed by atoms with E-state index in [-0.39, 0.29) is 0 Å². The third kappa shape index (κ3) is 1.70. The van der Waals surface area contributed by atoms with Gasteiger partial charge < -0.3 is 10.5 Å². The molecule has 58 valence electrons. The molecule has 1 aromatic heterocycles. The Bertz CT molecular complexity index is 271. The number of nitrogen functional groups attached to an aromatic ring is 1. The molecule has 2 N–H and O–H groups in total. The second kappa shape index (κ2) is 3.05. The van der Waals surface area contributed by atoms with Crippen molar-refractivity contribution in [1.29, 1.82) is 0 Å². The summed E-state index contributed by atoms with van der Waals surface area (Å²) in [6, 6.07) is 3.39. The zero-order valence-corrected chi connectivity index (χ0v) is 6.37. The minimum absolute atomic E-state index is 0.514. The van der Waals surface area contributed by atoms with Crippen LogP contribution in [0.2, 0.25) is 0 Å². The first kappa shape index (κ1) is 7.60. The smallest absolute Gasteiger partial charge is 0.215 e. The molecule has 1 aromatic rings. The Hall–Kier alpha value is -1.51. The van der Waals surface area contributed by atoms with Gasteiger partial charge in [-0.1, -0.05) is 6.58 Å². The van der Waals surface area contributed by atoms with Gasteiger partial charge in [-0.15, -0.1) is 0 Å². The van der Waals surface area contributed by atoms with Crippen molar-refractivity contribution < 1.29 is 4.74 Å². The maximum atomic E-state index is 5.54. The lowest BCUT2D eigenvalue weighted by Crippen LogP contribution is -1.93. The number of nitrogens with two attached hydrogens (primary N) is 1. The van der Waals surface area contributed by atoms with Crippen LogP contribution in [0, 0.1) is 0 Å². The van der Waals surface area contributed by atoms with Crippen LogP contribution in [0.1, 0.15) is 5.69 Å². The molecule has 1 heterocycles. The van der Waals surface area contributed by atoms with Gasteiger partial charge in [0.15, 0.2) is 0 Å². The van der Waals surface area contributed by atoms with Crippen molar-refractivity contribution in [2.24, 2.45) is 0 Å². The van der Waals surface area contributed by atoms with Crippen LogP contribution in [0.3, 0.4) is 0 Å². The van der Waals surface area contributed by atoms with Gasteiger partial charge in [-0.25, -0.2) is 4.98 Å². The van der Waals surface area contributed by atoms with Crippen molar-refractivity contribution in [2.75, 3.05) is 12.8 Å². The van der Waals surface area contributed by atoms with Gasteiger partial charge in [-0.3, -0.25) is 0 Å². The molecule has 0 atom stereocenters. The number of methoxy groups -OCH3 is 1. The molecule has 11 heavy (non-hydrogen) atoms. The second-order valence-corrected chi connectivity index (χ2v) is 2.07. The molecule has 1 rings (SSSR count). The molecule has 0 aliphatic heterocycles. The summed E-state index contributed by atoms with van der Waals surface area (Å²) >= 11 is 0. The van der Waals surface area contributed by atoms with Gasteiger partial charge in [0.25, 0.3) is 0 Å².